The fourth-order valence-corrected chi connectivity index (χ4v) is 1.39. The summed E-state index contributed by atoms with van der Waals surface area (Å²) >= 11 is 0. The Morgan fingerprint density at radius 2 is 2.05 bits per heavy atom. The number of nitro groups is 1. The largest absolute Gasteiger partial charge is 0.848 e. The number of nitrogens with zero attached hydrogens (tertiary/aromatic N) is 1. The highest BCUT2D eigenvalue weighted by Gasteiger charge is 2.10. The monoisotopic (exact) mass is 267 g/mol. The number of amides is 1. The van der Waals surface area contributed by atoms with Gasteiger partial charge in [-0.3, -0.25) is 14.9 Å². The number of rotatable bonds is 6. The van der Waals surface area contributed by atoms with Gasteiger partial charge in [0.2, 0.25) is 5.91 Å². The van der Waals surface area contributed by atoms with E-state index in [2.05, 4.69) is 10.6 Å². The first-order valence-corrected chi connectivity index (χ1v) is 5.48. The lowest BCUT2D eigenvalue weighted by Gasteiger charge is -2.49. The highest BCUT2D eigenvalue weighted by Crippen LogP contribution is 2.16. The minimum atomic E-state index is -2.90. The lowest BCUT2D eigenvalue weighted by atomic mass is 10.1. The SMILES string of the molecule is CC(=O)NCCNC([O-])([O-])c1cccc([N+](=O)[O-])c1. The van der Waals surface area contributed by atoms with Crippen molar-refractivity contribution in [1.82, 2.24) is 10.6 Å². The van der Waals surface area contributed by atoms with Crippen molar-refractivity contribution in [3.8, 4) is 0 Å². The summed E-state index contributed by atoms with van der Waals surface area (Å²) in [6, 6.07) is 4.62. The minimum absolute atomic E-state index is 0.0325. The molecule has 0 aromatic heterocycles. The van der Waals surface area contributed by atoms with E-state index >= 15 is 0 Å². The lowest BCUT2D eigenvalue weighted by Crippen LogP contribution is -2.64. The van der Waals surface area contributed by atoms with E-state index in [0.717, 1.165) is 6.07 Å². The van der Waals surface area contributed by atoms with Crippen molar-refractivity contribution >= 4 is 11.6 Å². The molecule has 1 aromatic carbocycles. The normalized spacial score (nSPS) is 11.1. The number of non-ortho nitro benzene ring substituents is 1. The van der Waals surface area contributed by atoms with Crippen molar-refractivity contribution in [3.05, 3.63) is 39.9 Å². The fraction of sp³-hybridized carbons (Fsp3) is 0.364. The van der Waals surface area contributed by atoms with Crippen LogP contribution in [0.25, 0.3) is 0 Å². The van der Waals surface area contributed by atoms with Crippen LogP contribution in [0.1, 0.15) is 12.5 Å². The van der Waals surface area contributed by atoms with Crippen molar-refractivity contribution in [3.63, 3.8) is 0 Å². The van der Waals surface area contributed by atoms with Gasteiger partial charge >= 0.3 is 0 Å². The molecule has 8 nitrogen and oxygen atoms in total. The van der Waals surface area contributed by atoms with Crippen LogP contribution in [0.2, 0.25) is 0 Å². The predicted octanol–water partition coefficient (Wildman–Crippen LogP) is -1.85. The smallest absolute Gasteiger partial charge is 0.269 e. The summed E-state index contributed by atoms with van der Waals surface area (Å²) in [5, 5.41) is 38.6. The predicted molar refractivity (Wildman–Crippen MR) is 61.5 cm³/mol. The molecule has 8 heteroatoms. The molecule has 0 unspecified atom stereocenters. The Morgan fingerprint density at radius 1 is 1.37 bits per heavy atom. The van der Waals surface area contributed by atoms with Crippen molar-refractivity contribution in [2.24, 2.45) is 0 Å². The van der Waals surface area contributed by atoms with Crippen LogP contribution in [0.15, 0.2) is 24.3 Å². The lowest BCUT2D eigenvalue weighted by molar-refractivity contribution is -0.744. The molecule has 0 atom stereocenters. The molecular weight excluding hydrogens is 254 g/mol. The quantitative estimate of drug-likeness (QED) is 0.269. The van der Waals surface area contributed by atoms with E-state index in [0.29, 0.717) is 0 Å². The van der Waals surface area contributed by atoms with Gasteiger partial charge in [0.15, 0.2) is 0 Å². The highest BCUT2D eigenvalue weighted by atomic mass is 16.6. The zero-order valence-corrected chi connectivity index (χ0v) is 10.2. The Hall–Kier alpha value is -2.03. The van der Waals surface area contributed by atoms with E-state index in [9.17, 15) is 25.1 Å². The maximum Gasteiger partial charge on any atom is 0.269 e. The molecule has 0 aliphatic heterocycles. The standard InChI is InChI=1S/C11H13N3O5/c1-8(15)12-5-6-13-11(16,17)9-3-2-4-10(7-9)14(18)19/h2-4,7,13H,5-6H2,1H3,(H,12,15)/q-2. The molecule has 0 aliphatic carbocycles. The van der Waals surface area contributed by atoms with Crippen molar-refractivity contribution in [2.45, 2.75) is 12.8 Å². The third-order valence-electron chi connectivity index (χ3n) is 2.29. The van der Waals surface area contributed by atoms with Gasteiger partial charge in [-0.2, -0.15) is 0 Å². The first-order chi connectivity index (χ1) is 8.83. The molecule has 1 amide bonds. The van der Waals surface area contributed by atoms with Crippen LogP contribution in [0, 0.1) is 10.1 Å². The van der Waals surface area contributed by atoms with E-state index < -0.39 is 10.8 Å². The molecule has 19 heavy (non-hydrogen) atoms. The van der Waals surface area contributed by atoms with Crippen LogP contribution >= 0.6 is 0 Å². The molecule has 0 radical (unpaired) electrons. The molecule has 0 bridgehead atoms. The van der Waals surface area contributed by atoms with Gasteiger partial charge in [-0.15, -0.1) is 5.91 Å². The van der Waals surface area contributed by atoms with Gasteiger partial charge in [0.25, 0.3) is 5.69 Å². The number of carbonyl (C=O) groups is 1. The summed E-state index contributed by atoms with van der Waals surface area (Å²) in [4.78, 5) is 20.5. The number of hydrogen-bond acceptors (Lipinski definition) is 6. The second-order valence-corrected chi connectivity index (χ2v) is 3.83. The van der Waals surface area contributed by atoms with Crippen LogP contribution in [0.3, 0.4) is 0 Å². The average Bonchev–Trinajstić information content (AvgIpc) is 2.34. The number of nitro benzene ring substituents is 1. The molecule has 104 valence electrons. The minimum Gasteiger partial charge on any atom is -0.848 e. The maximum atomic E-state index is 11.7. The molecule has 0 spiro atoms. The summed E-state index contributed by atoms with van der Waals surface area (Å²) in [6.07, 6.45) is 0. The first kappa shape index (κ1) is 15.0. The van der Waals surface area contributed by atoms with E-state index in [1.807, 2.05) is 0 Å². The number of carbonyl (C=O) groups excluding carboxylic acids is 1. The van der Waals surface area contributed by atoms with E-state index in [1.165, 1.54) is 25.1 Å². The molecule has 0 saturated carbocycles. The number of nitrogens with one attached hydrogen (secondary N) is 2. The van der Waals surface area contributed by atoms with Gasteiger partial charge in [0, 0.05) is 32.1 Å². The summed E-state index contributed by atoms with van der Waals surface area (Å²) in [5.41, 5.74) is -0.596. The Balaban J connectivity index is 2.68. The van der Waals surface area contributed by atoms with Crippen molar-refractivity contribution in [2.75, 3.05) is 13.1 Å². The third kappa shape index (κ3) is 4.62. The third-order valence-corrected chi connectivity index (χ3v) is 2.29. The second kappa shape index (κ2) is 6.23. The van der Waals surface area contributed by atoms with E-state index in [4.69, 9.17) is 0 Å². The molecule has 0 fully saturated rings. The molecule has 0 aliphatic rings. The Bertz CT molecular complexity index is 475. The van der Waals surface area contributed by atoms with Gasteiger partial charge in [-0.05, 0) is 0 Å². The van der Waals surface area contributed by atoms with Gasteiger partial charge in [-0.1, -0.05) is 17.7 Å². The van der Waals surface area contributed by atoms with Crippen LogP contribution < -0.4 is 20.8 Å². The Kier molecular flexibility index (Phi) is 4.93. The first-order valence-electron chi connectivity index (χ1n) is 5.48. The average molecular weight is 267 g/mol. The maximum absolute atomic E-state index is 11.7. The Labute approximate surface area is 109 Å². The summed E-state index contributed by atoms with van der Waals surface area (Å²) in [7, 11) is 0. The van der Waals surface area contributed by atoms with Crippen molar-refractivity contribution < 1.29 is 19.9 Å². The molecule has 2 N–H and O–H groups in total. The van der Waals surface area contributed by atoms with Crippen LogP contribution in [0.5, 0.6) is 0 Å². The van der Waals surface area contributed by atoms with Gasteiger partial charge < -0.3 is 20.8 Å². The van der Waals surface area contributed by atoms with Crippen molar-refractivity contribution in [1.29, 1.82) is 0 Å². The van der Waals surface area contributed by atoms with Gasteiger partial charge in [0.1, 0.15) is 0 Å². The van der Waals surface area contributed by atoms with Gasteiger partial charge in [0.05, 0.1) is 4.92 Å². The summed E-state index contributed by atoms with van der Waals surface area (Å²) in [6.45, 7) is 1.40. The van der Waals surface area contributed by atoms with E-state index in [1.54, 1.807) is 0 Å². The van der Waals surface area contributed by atoms with Crippen LogP contribution in [0.4, 0.5) is 5.69 Å². The Morgan fingerprint density at radius 3 is 2.63 bits per heavy atom. The molecule has 0 saturated heterocycles. The summed E-state index contributed by atoms with van der Waals surface area (Å²) in [5.74, 6) is -3.18. The molecule has 1 rings (SSSR count). The topological polar surface area (TPSA) is 130 Å². The molecular formula is C11H13N3O5-2. The fourth-order valence-electron chi connectivity index (χ4n) is 1.39. The van der Waals surface area contributed by atoms with Crippen LogP contribution in [-0.2, 0) is 10.7 Å². The van der Waals surface area contributed by atoms with Crippen LogP contribution in [-0.4, -0.2) is 23.9 Å². The molecule has 0 heterocycles. The zero-order chi connectivity index (χ0) is 14.5. The molecule has 1 aromatic rings. The second-order valence-electron chi connectivity index (χ2n) is 3.83. The van der Waals surface area contributed by atoms with E-state index in [-0.39, 0.29) is 30.2 Å². The highest BCUT2D eigenvalue weighted by molar-refractivity contribution is 5.72. The number of benzene rings is 1. The summed E-state index contributed by atoms with van der Waals surface area (Å²) < 4.78 is 0. The van der Waals surface area contributed by atoms with Gasteiger partial charge in [-0.25, -0.2) is 0 Å². The zero-order valence-electron chi connectivity index (χ0n) is 10.2. The number of hydrogen-bond donors (Lipinski definition) is 2.